The van der Waals surface area contributed by atoms with Gasteiger partial charge in [-0.3, -0.25) is 0 Å². The van der Waals surface area contributed by atoms with E-state index in [0.717, 1.165) is 33.4 Å². The first-order valence-corrected chi connectivity index (χ1v) is 25.7. The molecule has 1 saturated heterocycles. The molecule has 0 saturated carbocycles. The molecule has 5 atom stereocenters. The average Bonchev–Trinajstić information content (AvgIpc) is 3.58. The first-order chi connectivity index (χ1) is 37.3. The van der Waals surface area contributed by atoms with Crippen LogP contribution < -0.4 is 28.4 Å². The van der Waals surface area contributed by atoms with Gasteiger partial charge in [0.1, 0.15) is 58.5 Å². The number of ether oxygens (including phenoxy) is 9. The fourth-order valence-corrected chi connectivity index (χ4v) is 9.49. The molecule has 0 aromatic heterocycles. The minimum atomic E-state index is -0.833. The maximum absolute atomic E-state index is 15.8. The summed E-state index contributed by atoms with van der Waals surface area (Å²) in [6.07, 6.45) is -1.88. The van der Waals surface area contributed by atoms with Crippen LogP contribution in [0.3, 0.4) is 0 Å². The van der Waals surface area contributed by atoms with Gasteiger partial charge in [-0.2, -0.15) is 0 Å². The van der Waals surface area contributed by atoms with Gasteiger partial charge in [-0.05, 0) is 58.4 Å². The number of rotatable bonds is 18. The quantitative estimate of drug-likeness (QED) is 0.0765. The van der Waals surface area contributed by atoms with Gasteiger partial charge in [0.05, 0.1) is 17.2 Å². The van der Waals surface area contributed by atoms with Crippen molar-refractivity contribution in [3.8, 4) is 45.6 Å². The third-order valence-electron chi connectivity index (χ3n) is 13.9. The van der Waals surface area contributed by atoms with Crippen LogP contribution in [-0.2, 0) is 53.9 Å². The molecule has 2 heterocycles. The minimum absolute atomic E-state index is 0.00267. The first kappa shape index (κ1) is 51.0. The molecule has 0 amide bonds. The summed E-state index contributed by atoms with van der Waals surface area (Å²) >= 11 is 0. The number of hydrogen-bond donors (Lipinski definition) is 0. The molecule has 0 aliphatic carbocycles. The number of hydrogen-bond acceptors (Lipinski definition) is 11. The lowest BCUT2D eigenvalue weighted by atomic mass is 9.82. The monoisotopic (exact) mass is 1020 g/mol. The van der Waals surface area contributed by atoms with Gasteiger partial charge in [-0.25, -0.2) is 9.59 Å². The van der Waals surface area contributed by atoms with E-state index in [4.69, 9.17) is 42.6 Å². The van der Waals surface area contributed by atoms with Crippen LogP contribution in [0.1, 0.15) is 74.9 Å². The highest BCUT2D eigenvalue weighted by molar-refractivity contribution is 6.08. The summed E-state index contributed by atoms with van der Waals surface area (Å²) in [7, 11) is 0. The lowest BCUT2D eigenvalue weighted by Gasteiger charge is -2.42. The maximum atomic E-state index is 15.8. The summed E-state index contributed by atoms with van der Waals surface area (Å²) < 4.78 is 61.2. The Balaban J connectivity index is 1.28. The Morgan fingerprint density at radius 2 is 0.711 bits per heavy atom. The van der Waals surface area contributed by atoms with Crippen LogP contribution in [0.2, 0.25) is 0 Å². The summed E-state index contributed by atoms with van der Waals surface area (Å²) in [5.74, 6) is -0.843. The van der Waals surface area contributed by atoms with Gasteiger partial charge >= 0.3 is 11.9 Å². The van der Waals surface area contributed by atoms with Crippen molar-refractivity contribution in [3.05, 3.63) is 239 Å². The van der Waals surface area contributed by atoms with E-state index < -0.39 is 24.1 Å². The lowest BCUT2D eigenvalue weighted by Crippen LogP contribution is -2.52. The molecule has 8 aromatic rings. The molecule has 386 valence electrons. The summed E-state index contributed by atoms with van der Waals surface area (Å²) in [6.45, 7) is 6.21. The summed E-state index contributed by atoms with van der Waals surface area (Å²) in [6, 6.07) is 61.3. The smallest absolute Gasteiger partial charge is 0.339 e. The first-order valence-electron chi connectivity index (χ1n) is 25.7. The van der Waals surface area contributed by atoms with Crippen LogP contribution >= 0.6 is 0 Å². The van der Waals surface area contributed by atoms with Gasteiger partial charge in [0.15, 0.2) is 23.0 Å². The second kappa shape index (κ2) is 24.2. The normalized spacial score (nSPS) is 18.0. The van der Waals surface area contributed by atoms with Crippen LogP contribution in [0.4, 0.5) is 0 Å². The molecule has 8 aromatic carbocycles. The largest absolute Gasteiger partial charge is 0.485 e. The van der Waals surface area contributed by atoms with Crippen molar-refractivity contribution < 1.29 is 52.2 Å². The zero-order valence-corrected chi connectivity index (χ0v) is 42.8. The second-order valence-electron chi connectivity index (χ2n) is 19.1. The van der Waals surface area contributed by atoms with Gasteiger partial charge in [0.2, 0.25) is 11.5 Å². The van der Waals surface area contributed by atoms with Crippen molar-refractivity contribution in [1.82, 2.24) is 0 Å². The lowest BCUT2D eigenvalue weighted by molar-refractivity contribution is -0.176. The summed E-state index contributed by atoms with van der Waals surface area (Å²) in [4.78, 5) is 31.4. The molecule has 10 rings (SSSR count). The number of carbonyl (C=O) groups is 2. The van der Waals surface area contributed by atoms with E-state index in [1.54, 1.807) is 12.1 Å². The Hall–Kier alpha value is -8.54. The SMILES string of the molecule is CC1OC2COC(=O)c3cc(OCc4ccccc4)c(OCc4ccccc4)c(OCc4ccccc4)c3-c3c(cc(OCc4ccccc4)c(OCc4ccccc4)c3OCc3ccccc3)C(=O)OC2[C@H](C)[C@H]1C. The molecular formula is C65H60O11. The molecule has 0 spiro atoms. The van der Waals surface area contributed by atoms with Gasteiger partial charge in [-0.1, -0.05) is 196 Å². The highest BCUT2D eigenvalue weighted by Crippen LogP contribution is 2.56. The van der Waals surface area contributed by atoms with Crippen molar-refractivity contribution >= 4 is 11.9 Å². The number of carbonyl (C=O) groups excluding carboxylic acids is 2. The average molecular weight is 1020 g/mol. The van der Waals surface area contributed by atoms with Crippen LogP contribution in [0.5, 0.6) is 34.5 Å². The standard InChI is InChI=1S/C65H60O11/c1-43-44(2)59-56(75-45(43)3)42-74-64(66)52-34-54(68-36-46-22-10-4-11-23-46)60(70-38-48-26-14-6-15-27-48)62(72-40-50-30-18-8-19-31-50)57(52)58-53(65(67)76-59)35-55(69-37-47-24-12-5-13-25-47)61(71-39-49-28-16-7-17-29-49)63(58)73-41-51-32-20-9-21-33-51/h4-35,43-45,56,59H,36-42H2,1-3H3/t43-,44-,45?,56?,59?/m1/s1. The molecule has 0 bridgehead atoms. The van der Waals surface area contributed by atoms with Gasteiger partial charge in [0.25, 0.3) is 0 Å². The van der Waals surface area contributed by atoms with Crippen molar-refractivity contribution in [3.63, 3.8) is 0 Å². The second-order valence-corrected chi connectivity index (χ2v) is 19.1. The summed E-state index contributed by atoms with van der Waals surface area (Å²) in [5, 5.41) is 0. The van der Waals surface area contributed by atoms with Gasteiger partial charge < -0.3 is 42.6 Å². The molecule has 2 aliphatic rings. The third-order valence-corrected chi connectivity index (χ3v) is 13.9. The molecular weight excluding hydrogens is 957 g/mol. The van der Waals surface area contributed by atoms with Gasteiger partial charge in [-0.15, -0.1) is 0 Å². The Morgan fingerprint density at radius 1 is 0.395 bits per heavy atom. The molecule has 11 nitrogen and oxygen atoms in total. The van der Waals surface area contributed by atoms with Crippen LogP contribution in [0, 0.1) is 11.8 Å². The Labute approximate surface area is 443 Å². The van der Waals surface area contributed by atoms with E-state index in [9.17, 15) is 0 Å². The fourth-order valence-electron chi connectivity index (χ4n) is 9.49. The molecule has 0 N–H and O–H groups in total. The number of benzene rings is 8. The Kier molecular flexibility index (Phi) is 16.2. The third kappa shape index (κ3) is 12.0. The van der Waals surface area contributed by atoms with Crippen LogP contribution in [0.25, 0.3) is 11.1 Å². The molecule has 76 heavy (non-hydrogen) atoms. The highest BCUT2D eigenvalue weighted by atomic mass is 16.6. The van der Waals surface area contributed by atoms with Crippen LogP contribution in [-0.4, -0.2) is 36.9 Å². The zero-order chi connectivity index (χ0) is 52.2. The Bertz CT molecular complexity index is 3190. The topological polar surface area (TPSA) is 117 Å². The van der Waals surface area contributed by atoms with Crippen molar-refractivity contribution in [2.45, 2.75) is 78.7 Å². The van der Waals surface area contributed by atoms with Gasteiger partial charge in [0, 0.05) is 17.0 Å². The summed E-state index contributed by atoms with van der Waals surface area (Å²) in [5.41, 5.74) is 5.31. The van der Waals surface area contributed by atoms with Crippen LogP contribution in [0.15, 0.2) is 194 Å². The number of esters is 2. The Morgan fingerprint density at radius 3 is 1.07 bits per heavy atom. The molecule has 11 heteroatoms. The zero-order valence-electron chi connectivity index (χ0n) is 42.8. The predicted octanol–water partition coefficient (Wildman–Crippen LogP) is 13.6. The molecule has 3 unspecified atom stereocenters. The van der Waals surface area contributed by atoms with E-state index in [1.165, 1.54) is 0 Å². The van der Waals surface area contributed by atoms with Crippen molar-refractivity contribution in [1.29, 1.82) is 0 Å². The van der Waals surface area contributed by atoms with E-state index in [-0.39, 0.29) is 121 Å². The minimum Gasteiger partial charge on any atom is -0.485 e. The van der Waals surface area contributed by atoms with E-state index in [2.05, 4.69) is 6.92 Å². The molecule has 0 radical (unpaired) electrons. The fraction of sp³-hybridized carbons (Fsp3) is 0.231. The van der Waals surface area contributed by atoms with E-state index in [1.807, 2.05) is 196 Å². The molecule has 1 fully saturated rings. The number of fused-ring (bicyclic) bond motifs is 4. The van der Waals surface area contributed by atoms with Crippen molar-refractivity contribution in [2.24, 2.45) is 11.8 Å². The van der Waals surface area contributed by atoms with E-state index >= 15 is 9.59 Å². The van der Waals surface area contributed by atoms with E-state index in [0.29, 0.717) is 0 Å². The predicted molar refractivity (Wildman–Crippen MR) is 289 cm³/mol. The van der Waals surface area contributed by atoms with Crippen molar-refractivity contribution in [2.75, 3.05) is 6.61 Å². The molecule has 2 aliphatic heterocycles. The highest BCUT2D eigenvalue weighted by Gasteiger charge is 2.45. The maximum Gasteiger partial charge on any atom is 0.339 e. The number of cyclic esters (lactones) is 1.